The van der Waals surface area contributed by atoms with Gasteiger partial charge < -0.3 is 19.9 Å². The summed E-state index contributed by atoms with van der Waals surface area (Å²) in [5.41, 5.74) is 1.03. The van der Waals surface area contributed by atoms with Crippen LogP contribution in [0.25, 0.3) is 0 Å². The minimum atomic E-state index is -0.519. The molecule has 2 amide bonds. The maximum Gasteiger partial charge on any atom is 0.249 e. The molecule has 1 aromatic carbocycles. The van der Waals surface area contributed by atoms with Crippen molar-refractivity contribution in [1.82, 2.24) is 15.1 Å². The second-order valence-electron chi connectivity index (χ2n) is 5.97. The summed E-state index contributed by atoms with van der Waals surface area (Å²) in [4.78, 5) is 28.7. The van der Waals surface area contributed by atoms with Gasteiger partial charge in [0.05, 0.1) is 6.61 Å². The molecule has 2 saturated heterocycles. The molecule has 2 heterocycles. The number of morpholine rings is 1. The predicted octanol–water partition coefficient (Wildman–Crippen LogP) is 0.658. The predicted molar refractivity (Wildman–Crippen MR) is 92.9 cm³/mol. The maximum absolute atomic E-state index is 12.9. The lowest BCUT2D eigenvalue weighted by molar-refractivity contribution is -0.159. The number of benzene rings is 1. The first kappa shape index (κ1) is 18.7. The van der Waals surface area contributed by atoms with Crippen molar-refractivity contribution in [3.8, 4) is 0 Å². The monoisotopic (exact) mass is 353 g/mol. The van der Waals surface area contributed by atoms with Gasteiger partial charge in [0, 0.05) is 26.2 Å². The minimum Gasteiger partial charge on any atom is -0.369 e. The fourth-order valence-corrected chi connectivity index (χ4v) is 3.06. The van der Waals surface area contributed by atoms with Gasteiger partial charge in [-0.05, 0) is 18.5 Å². The molecule has 2 aliphatic rings. The third-order valence-corrected chi connectivity index (χ3v) is 4.33. The molecule has 7 heteroatoms. The summed E-state index contributed by atoms with van der Waals surface area (Å²) in [5, 5.41) is 3.29. The van der Waals surface area contributed by atoms with E-state index >= 15 is 0 Å². The van der Waals surface area contributed by atoms with Gasteiger partial charge in [-0.1, -0.05) is 30.3 Å². The normalized spacial score (nSPS) is 21.8. The number of ether oxygens (including phenoxy) is 1. The van der Waals surface area contributed by atoms with E-state index in [9.17, 15) is 9.59 Å². The van der Waals surface area contributed by atoms with Crippen molar-refractivity contribution in [3.63, 3.8) is 0 Å². The van der Waals surface area contributed by atoms with Gasteiger partial charge in [-0.3, -0.25) is 9.59 Å². The van der Waals surface area contributed by atoms with Crippen LogP contribution in [0.3, 0.4) is 0 Å². The Hall–Kier alpha value is -1.63. The van der Waals surface area contributed by atoms with Gasteiger partial charge in [0.1, 0.15) is 12.6 Å². The third kappa shape index (κ3) is 4.47. The molecule has 1 N–H and O–H groups in total. The number of hydrogen-bond acceptors (Lipinski definition) is 4. The van der Waals surface area contributed by atoms with Crippen LogP contribution in [-0.2, 0) is 20.9 Å². The Labute approximate surface area is 148 Å². The Balaban J connectivity index is 0.00000208. The molecule has 0 saturated carbocycles. The van der Waals surface area contributed by atoms with Crippen LogP contribution in [-0.4, -0.2) is 67.0 Å². The molecule has 6 nitrogen and oxygen atoms in total. The molecule has 24 heavy (non-hydrogen) atoms. The fourth-order valence-electron chi connectivity index (χ4n) is 3.06. The van der Waals surface area contributed by atoms with Crippen LogP contribution in [0.5, 0.6) is 0 Å². The van der Waals surface area contributed by atoms with Crippen LogP contribution in [0.4, 0.5) is 0 Å². The Morgan fingerprint density at radius 2 is 2.00 bits per heavy atom. The van der Waals surface area contributed by atoms with E-state index in [1.165, 1.54) is 0 Å². The second kappa shape index (κ2) is 9.01. The Bertz CT molecular complexity index is 547. The number of nitrogens with zero attached hydrogens (tertiary/aromatic N) is 2. The highest BCUT2D eigenvalue weighted by Crippen LogP contribution is 2.16. The zero-order chi connectivity index (χ0) is 16.1. The molecule has 0 spiro atoms. The van der Waals surface area contributed by atoms with E-state index in [4.69, 9.17) is 4.74 Å². The van der Waals surface area contributed by atoms with Crippen molar-refractivity contribution in [3.05, 3.63) is 35.9 Å². The van der Waals surface area contributed by atoms with Gasteiger partial charge in [-0.15, -0.1) is 12.4 Å². The lowest BCUT2D eigenvalue weighted by Gasteiger charge is -2.37. The summed E-state index contributed by atoms with van der Waals surface area (Å²) < 4.78 is 5.35. The van der Waals surface area contributed by atoms with Gasteiger partial charge in [-0.25, -0.2) is 0 Å². The average molecular weight is 354 g/mol. The van der Waals surface area contributed by atoms with Crippen molar-refractivity contribution >= 4 is 24.2 Å². The van der Waals surface area contributed by atoms with Crippen molar-refractivity contribution in [2.24, 2.45) is 0 Å². The third-order valence-electron chi connectivity index (χ3n) is 4.33. The SMILES string of the molecule is Cl.O=C([C@H]1COCC(=O)N1Cc1ccccc1)N1CCCNCC1. The van der Waals surface area contributed by atoms with Crippen LogP contribution in [0.1, 0.15) is 12.0 Å². The Morgan fingerprint density at radius 3 is 2.79 bits per heavy atom. The van der Waals surface area contributed by atoms with Crippen LogP contribution in [0.15, 0.2) is 30.3 Å². The van der Waals surface area contributed by atoms with E-state index in [0.29, 0.717) is 13.1 Å². The number of hydrogen-bond donors (Lipinski definition) is 1. The van der Waals surface area contributed by atoms with Crippen molar-refractivity contribution in [2.75, 3.05) is 39.4 Å². The minimum absolute atomic E-state index is 0. The topological polar surface area (TPSA) is 61.9 Å². The first-order valence-corrected chi connectivity index (χ1v) is 8.16. The van der Waals surface area contributed by atoms with Crippen LogP contribution < -0.4 is 5.32 Å². The first-order chi connectivity index (χ1) is 11.3. The van der Waals surface area contributed by atoms with Crippen LogP contribution in [0, 0.1) is 0 Å². The highest BCUT2D eigenvalue weighted by Gasteiger charge is 2.36. The van der Waals surface area contributed by atoms with Gasteiger partial charge in [0.15, 0.2) is 0 Å². The number of nitrogens with one attached hydrogen (secondary N) is 1. The highest BCUT2D eigenvalue weighted by atomic mass is 35.5. The van der Waals surface area contributed by atoms with Gasteiger partial charge in [0.25, 0.3) is 0 Å². The summed E-state index contributed by atoms with van der Waals surface area (Å²) >= 11 is 0. The number of halogens is 1. The standard InChI is InChI=1S/C17H23N3O3.ClH/c21-16-13-23-12-15(17(22)19-9-4-7-18-8-10-19)20(16)11-14-5-2-1-3-6-14;/h1-3,5-6,15,18H,4,7-13H2;1H/t15-;/m1./s1. The lowest BCUT2D eigenvalue weighted by atomic mass is 10.1. The Morgan fingerprint density at radius 1 is 1.21 bits per heavy atom. The van der Waals surface area contributed by atoms with Crippen molar-refractivity contribution in [1.29, 1.82) is 0 Å². The molecule has 0 aliphatic carbocycles. The molecular weight excluding hydrogens is 330 g/mol. The van der Waals surface area contributed by atoms with E-state index in [1.807, 2.05) is 35.2 Å². The molecule has 2 aliphatic heterocycles. The molecule has 1 aromatic rings. The van der Waals surface area contributed by atoms with E-state index in [-0.39, 0.29) is 37.4 Å². The molecular formula is C17H24ClN3O3. The molecule has 2 fully saturated rings. The largest absolute Gasteiger partial charge is 0.369 e. The summed E-state index contributed by atoms with van der Waals surface area (Å²) in [5.74, 6) is -0.121. The summed E-state index contributed by atoms with van der Waals surface area (Å²) in [6.45, 7) is 3.92. The van der Waals surface area contributed by atoms with E-state index < -0.39 is 6.04 Å². The fraction of sp³-hybridized carbons (Fsp3) is 0.529. The van der Waals surface area contributed by atoms with Gasteiger partial charge >= 0.3 is 0 Å². The second-order valence-corrected chi connectivity index (χ2v) is 5.97. The molecule has 3 rings (SSSR count). The molecule has 0 bridgehead atoms. The average Bonchev–Trinajstić information content (AvgIpc) is 2.86. The molecule has 0 unspecified atom stereocenters. The first-order valence-electron chi connectivity index (χ1n) is 8.16. The molecule has 0 aromatic heterocycles. The molecule has 132 valence electrons. The summed E-state index contributed by atoms with van der Waals surface area (Å²) in [6, 6.07) is 9.25. The zero-order valence-corrected chi connectivity index (χ0v) is 14.5. The number of amides is 2. The lowest BCUT2D eigenvalue weighted by Crippen LogP contribution is -2.57. The van der Waals surface area contributed by atoms with Crippen LogP contribution in [0.2, 0.25) is 0 Å². The molecule has 1 atom stereocenters. The smallest absolute Gasteiger partial charge is 0.249 e. The number of carbonyl (C=O) groups excluding carboxylic acids is 2. The van der Waals surface area contributed by atoms with E-state index in [0.717, 1.165) is 31.6 Å². The van der Waals surface area contributed by atoms with Gasteiger partial charge in [-0.2, -0.15) is 0 Å². The summed E-state index contributed by atoms with van der Waals surface area (Å²) in [7, 11) is 0. The quantitative estimate of drug-likeness (QED) is 0.867. The molecule has 0 radical (unpaired) electrons. The number of rotatable bonds is 3. The van der Waals surface area contributed by atoms with E-state index in [2.05, 4.69) is 5.32 Å². The maximum atomic E-state index is 12.9. The zero-order valence-electron chi connectivity index (χ0n) is 13.6. The van der Waals surface area contributed by atoms with Crippen LogP contribution >= 0.6 is 12.4 Å². The Kier molecular flexibility index (Phi) is 7.02. The number of carbonyl (C=O) groups is 2. The van der Waals surface area contributed by atoms with E-state index in [1.54, 1.807) is 4.90 Å². The summed E-state index contributed by atoms with van der Waals surface area (Å²) in [6.07, 6.45) is 0.936. The van der Waals surface area contributed by atoms with Gasteiger partial charge in [0.2, 0.25) is 11.8 Å². The van der Waals surface area contributed by atoms with Crippen molar-refractivity contribution in [2.45, 2.75) is 19.0 Å². The van der Waals surface area contributed by atoms with Crippen molar-refractivity contribution < 1.29 is 14.3 Å². The highest BCUT2D eigenvalue weighted by molar-refractivity contribution is 5.89.